The van der Waals surface area contributed by atoms with Crippen LogP contribution < -0.4 is 10.6 Å². The van der Waals surface area contributed by atoms with E-state index in [4.69, 9.17) is 5.73 Å². The molecule has 3 aromatic rings. The van der Waals surface area contributed by atoms with E-state index >= 15 is 0 Å². The molecule has 9 nitrogen and oxygen atoms in total. The minimum absolute atomic E-state index is 0.196. The average Bonchev–Trinajstić information content (AvgIpc) is 3.45. The molecular formula is C20H25N8OS-. The first-order chi connectivity index (χ1) is 14.8. The summed E-state index contributed by atoms with van der Waals surface area (Å²) in [6.07, 6.45) is 6.85. The lowest BCUT2D eigenvalue weighted by atomic mass is 10.2. The minimum Gasteiger partial charge on any atom is -0.677 e. The van der Waals surface area contributed by atoms with Gasteiger partial charge in [-0.2, -0.15) is 16.6 Å². The molecular weight excluding hydrogens is 400 g/mol. The summed E-state index contributed by atoms with van der Waals surface area (Å²) < 4.78 is 0. The average molecular weight is 426 g/mol. The zero-order valence-electron chi connectivity index (χ0n) is 16.6. The van der Waals surface area contributed by atoms with Gasteiger partial charge in [-0.15, -0.1) is 11.3 Å². The lowest BCUT2D eigenvalue weighted by Crippen LogP contribution is -2.26. The maximum Gasteiger partial charge on any atom is 0.271 e. The number of anilines is 1. The fourth-order valence-corrected chi connectivity index (χ4v) is 3.30. The molecule has 0 saturated carbocycles. The second-order valence-corrected chi connectivity index (χ2v) is 7.43. The molecule has 1 amide bonds. The van der Waals surface area contributed by atoms with Gasteiger partial charge in [0.25, 0.3) is 11.9 Å². The highest BCUT2D eigenvalue weighted by Crippen LogP contribution is 2.22. The first-order valence-corrected chi connectivity index (χ1v) is 10.8. The van der Waals surface area contributed by atoms with Crippen molar-refractivity contribution in [2.24, 2.45) is 4.99 Å². The molecule has 0 fully saturated rings. The minimum atomic E-state index is -0.196. The van der Waals surface area contributed by atoms with Crippen molar-refractivity contribution in [2.75, 3.05) is 25.0 Å². The van der Waals surface area contributed by atoms with E-state index in [-0.39, 0.29) is 5.91 Å². The number of H-pyrrole nitrogens is 1. The number of aromatic amines is 1. The summed E-state index contributed by atoms with van der Waals surface area (Å²) in [5, 5.41) is 15.0. The number of nitrogens with one attached hydrogen (secondary N) is 4. The predicted molar refractivity (Wildman–Crippen MR) is 121 cm³/mol. The van der Waals surface area contributed by atoms with Crippen LogP contribution in [0.2, 0.25) is 0 Å². The van der Waals surface area contributed by atoms with Gasteiger partial charge in [0.15, 0.2) is 5.69 Å². The van der Waals surface area contributed by atoms with Crippen molar-refractivity contribution in [1.82, 2.24) is 25.5 Å². The Kier molecular flexibility index (Phi) is 8.48. The molecule has 0 aliphatic carbocycles. The van der Waals surface area contributed by atoms with Crippen LogP contribution in [-0.4, -0.2) is 51.9 Å². The highest BCUT2D eigenvalue weighted by molar-refractivity contribution is 7.13. The van der Waals surface area contributed by atoms with Crippen LogP contribution in [0, 0.1) is 0 Å². The van der Waals surface area contributed by atoms with Gasteiger partial charge in [0.05, 0.1) is 10.6 Å². The molecule has 0 bridgehead atoms. The molecule has 0 aromatic carbocycles. The molecule has 158 valence electrons. The van der Waals surface area contributed by atoms with Crippen molar-refractivity contribution in [2.45, 2.75) is 25.7 Å². The highest BCUT2D eigenvalue weighted by Gasteiger charge is 2.11. The number of unbranched alkanes of at least 4 members (excludes halogenated alkanes) is 2. The third kappa shape index (κ3) is 6.75. The van der Waals surface area contributed by atoms with Crippen LogP contribution in [0.3, 0.4) is 0 Å². The molecule has 0 saturated heterocycles. The van der Waals surface area contributed by atoms with Gasteiger partial charge in [0.2, 0.25) is 0 Å². The van der Waals surface area contributed by atoms with Crippen LogP contribution in [-0.2, 0) is 0 Å². The lowest BCUT2D eigenvalue weighted by Gasteiger charge is -2.06. The smallest absolute Gasteiger partial charge is 0.271 e. The molecule has 0 aliphatic rings. The van der Waals surface area contributed by atoms with E-state index in [0.29, 0.717) is 37.1 Å². The first kappa shape index (κ1) is 21.6. The van der Waals surface area contributed by atoms with E-state index in [1.54, 1.807) is 35.9 Å². The number of carbonyl (C=O) groups is 1. The van der Waals surface area contributed by atoms with Gasteiger partial charge in [-0.25, -0.2) is 9.98 Å². The lowest BCUT2D eigenvalue weighted by molar-refractivity contribution is 0.0948. The van der Waals surface area contributed by atoms with Crippen molar-refractivity contribution in [3.05, 3.63) is 47.3 Å². The van der Waals surface area contributed by atoms with Crippen molar-refractivity contribution in [3.63, 3.8) is 0 Å². The summed E-state index contributed by atoms with van der Waals surface area (Å²) in [6, 6.07) is 7.49. The van der Waals surface area contributed by atoms with Crippen molar-refractivity contribution < 1.29 is 4.79 Å². The number of hydrogen-bond acceptors (Lipinski definition) is 7. The number of amides is 1. The van der Waals surface area contributed by atoms with Crippen molar-refractivity contribution in [1.29, 1.82) is 0 Å². The summed E-state index contributed by atoms with van der Waals surface area (Å²) in [4.78, 5) is 26.0. The number of thiophene rings is 1. The number of hydrogen-bond donors (Lipinski definition) is 3. The molecule has 0 spiro atoms. The van der Waals surface area contributed by atoms with E-state index < -0.39 is 0 Å². The second-order valence-electron chi connectivity index (χ2n) is 6.48. The number of rotatable bonds is 12. The largest absolute Gasteiger partial charge is 0.677 e. The van der Waals surface area contributed by atoms with E-state index in [9.17, 15) is 4.79 Å². The maximum absolute atomic E-state index is 12.2. The topological polar surface area (TPSA) is 132 Å². The SMILES string of the molecule is [NH-]CCCCC=Nc1nccc(NCCCNC(=O)c2cc(-c3cccs3)[nH]n2)n1. The Morgan fingerprint density at radius 1 is 1.27 bits per heavy atom. The van der Waals surface area contributed by atoms with Crippen LogP contribution in [0.1, 0.15) is 36.2 Å². The summed E-state index contributed by atoms with van der Waals surface area (Å²) >= 11 is 1.59. The molecule has 3 heterocycles. The molecule has 0 radical (unpaired) electrons. The summed E-state index contributed by atoms with van der Waals surface area (Å²) in [7, 11) is 0. The molecule has 0 atom stereocenters. The van der Waals surface area contributed by atoms with Gasteiger partial charge >= 0.3 is 0 Å². The first-order valence-electron chi connectivity index (χ1n) is 9.88. The standard InChI is InChI=1S/C20H25N8OS/c21-8-2-1-3-9-24-20-25-12-7-18(26-20)22-10-5-11-23-19(29)16-14-15(27-28-16)17-6-4-13-30-17/h4,6-7,9,12-14,21H,1-3,5,8,10-11H2,(H,23,29)(H,27,28)(H,22,25,26)/q-1. The normalized spacial score (nSPS) is 11.1. The summed E-state index contributed by atoms with van der Waals surface area (Å²) in [6.45, 7) is 1.63. The van der Waals surface area contributed by atoms with E-state index in [0.717, 1.165) is 36.3 Å². The zero-order valence-corrected chi connectivity index (χ0v) is 17.4. The van der Waals surface area contributed by atoms with Gasteiger partial charge in [0, 0.05) is 25.5 Å². The summed E-state index contributed by atoms with van der Waals surface area (Å²) in [5.74, 6) is 0.917. The second kappa shape index (κ2) is 11.8. The van der Waals surface area contributed by atoms with E-state index in [1.807, 2.05) is 17.5 Å². The molecule has 4 N–H and O–H groups in total. The van der Waals surface area contributed by atoms with E-state index in [1.165, 1.54) is 0 Å². The Hall–Kier alpha value is -3.11. The van der Waals surface area contributed by atoms with E-state index in [2.05, 4.69) is 35.8 Å². The Morgan fingerprint density at radius 3 is 3.03 bits per heavy atom. The maximum atomic E-state index is 12.2. The van der Waals surface area contributed by atoms with Crippen LogP contribution >= 0.6 is 11.3 Å². The Morgan fingerprint density at radius 2 is 2.20 bits per heavy atom. The molecule has 3 rings (SSSR count). The fourth-order valence-electron chi connectivity index (χ4n) is 2.61. The third-order valence-corrected chi connectivity index (χ3v) is 5.06. The molecule has 0 unspecified atom stereocenters. The van der Waals surface area contributed by atoms with Gasteiger partial charge in [-0.1, -0.05) is 12.5 Å². The number of nitrogens with zero attached hydrogens (tertiary/aromatic N) is 4. The van der Waals surface area contributed by atoms with Crippen LogP contribution in [0.15, 0.2) is 40.8 Å². The van der Waals surface area contributed by atoms with Crippen LogP contribution in [0.25, 0.3) is 16.3 Å². The molecule has 30 heavy (non-hydrogen) atoms. The van der Waals surface area contributed by atoms with Gasteiger partial charge < -0.3 is 16.4 Å². The Balaban J connectivity index is 1.36. The van der Waals surface area contributed by atoms with Crippen LogP contribution in [0.5, 0.6) is 0 Å². The Labute approximate surface area is 179 Å². The monoisotopic (exact) mass is 425 g/mol. The van der Waals surface area contributed by atoms with Crippen LogP contribution in [0.4, 0.5) is 11.8 Å². The zero-order chi connectivity index (χ0) is 21.0. The highest BCUT2D eigenvalue weighted by atomic mass is 32.1. The number of carbonyl (C=O) groups excluding carboxylic acids is 1. The Bertz CT molecular complexity index is 938. The summed E-state index contributed by atoms with van der Waals surface area (Å²) in [5.41, 5.74) is 8.34. The number of aromatic nitrogens is 4. The third-order valence-electron chi connectivity index (χ3n) is 4.15. The molecule has 10 heteroatoms. The van der Waals surface area contributed by atoms with Crippen molar-refractivity contribution in [3.8, 4) is 10.6 Å². The molecule has 3 aromatic heterocycles. The van der Waals surface area contributed by atoms with Gasteiger partial charge in [-0.3, -0.25) is 9.89 Å². The number of aliphatic imine (C=N–C) groups is 1. The fraction of sp³-hybridized carbons (Fsp3) is 0.350. The molecule has 0 aliphatic heterocycles. The van der Waals surface area contributed by atoms with Gasteiger partial charge in [0.1, 0.15) is 5.82 Å². The predicted octanol–water partition coefficient (Wildman–Crippen LogP) is 4.09. The van der Waals surface area contributed by atoms with Gasteiger partial charge in [-0.05, 0) is 42.8 Å². The quantitative estimate of drug-likeness (QED) is 0.297. The van der Waals surface area contributed by atoms with Crippen molar-refractivity contribution >= 4 is 35.2 Å².